The van der Waals surface area contributed by atoms with Crippen LogP contribution in [-0.4, -0.2) is 75.1 Å². The summed E-state index contributed by atoms with van der Waals surface area (Å²) in [7, 11) is -5.43. The highest BCUT2D eigenvalue weighted by molar-refractivity contribution is 7.91. The summed E-state index contributed by atoms with van der Waals surface area (Å²) in [6, 6.07) is 3.77. The third-order valence-corrected chi connectivity index (χ3v) is 7.16. The highest BCUT2D eigenvalue weighted by Gasteiger charge is 2.32. The number of fused-ring (bicyclic) bond motifs is 1. The molecule has 0 aliphatic rings. The Bertz CT molecular complexity index is 1540. The fourth-order valence-corrected chi connectivity index (χ4v) is 5.19. The van der Waals surface area contributed by atoms with Crippen molar-refractivity contribution in [1.29, 1.82) is 0 Å². The van der Waals surface area contributed by atoms with E-state index in [0.717, 1.165) is 13.2 Å². The third kappa shape index (κ3) is 5.20. The van der Waals surface area contributed by atoms with Gasteiger partial charge in [0.1, 0.15) is 0 Å². The van der Waals surface area contributed by atoms with E-state index in [2.05, 4.69) is 31.7 Å². The minimum absolute atomic E-state index is 0.0138. The van der Waals surface area contributed by atoms with Crippen LogP contribution in [0.5, 0.6) is 11.8 Å². The lowest BCUT2D eigenvalue weighted by Gasteiger charge is -2.09. The van der Waals surface area contributed by atoms with Gasteiger partial charge in [-0.2, -0.15) is 22.5 Å². The molecule has 0 aliphatic heterocycles. The van der Waals surface area contributed by atoms with E-state index in [4.69, 9.17) is 9.47 Å². The van der Waals surface area contributed by atoms with Gasteiger partial charge in [0.15, 0.2) is 0 Å². The maximum Gasteiger partial charge on any atom is 0.338 e. The zero-order chi connectivity index (χ0) is 26.7. The fraction of sp³-hybridized carbons (Fsp3) is 0.211. The van der Waals surface area contributed by atoms with Crippen molar-refractivity contribution in [3.8, 4) is 11.8 Å². The van der Waals surface area contributed by atoms with Gasteiger partial charge in [-0.15, -0.1) is 11.7 Å². The van der Waals surface area contributed by atoms with Crippen LogP contribution in [-0.2, 0) is 24.8 Å². The fourth-order valence-electron chi connectivity index (χ4n) is 2.98. The zero-order valence-corrected chi connectivity index (χ0v) is 20.7. The largest absolute Gasteiger partial charge is 0.481 e. The number of sulfonamides is 1. The first-order valence-corrected chi connectivity index (χ1v) is 12.8. The lowest BCUT2D eigenvalue weighted by molar-refractivity contribution is 0.0602. The predicted molar refractivity (Wildman–Crippen MR) is 125 cm³/mol. The number of carbonyl (C=O) groups is 2. The smallest absolute Gasteiger partial charge is 0.338 e. The Morgan fingerprint density at radius 1 is 1.08 bits per heavy atom. The Hall–Kier alpha value is -4.25. The van der Waals surface area contributed by atoms with Crippen molar-refractivity contribution in [2.45, 2.75) is 5.03 Å². The molecule has 0 aliphatic carbocycles. The molecule has 2 heterocycles. The van der Waals surface area contributed by atoms with E-state index in [1.807, 2.05) is 0 Å². The normalized spacial score (nSPS) is 11.5. The molecule has 0 fully saturated rings. The van der Waals surface area contributed by atoms with Gasteiger partial charge in [-0.25, -0.2) is 22.7 Å². The molecule has 0 saturated carbocycles. The van der Waals surface area contributed by atoms with E-state index in [1.165, 1.54) is 38.5 Å². The summed E-state index contributed by atoms with van der Waals surface area (Å²) >= 11 is 0. The number of hydrogen-bond acceptors (Lipinski definition) is 12. The molecule has 0 atom stereocenters. The Kier molecular flexibility index (Phi) is 7.44. The number of aromatic nitrogens is 4. The first-order chi connectivity index (χ1) is 17.0. The lowest BCUT2D eigenvalue weighted by Crippen LogP contribution is -2.35. The Morgan fingerprint density at radius 2 is 1.72 bits per heavy atom. The summed E-state index contributed by atoms with van der Waals surface area (Å²) in [6.07, 6.45) is 1.08. The molecular weight excluding hydrogens is 520 g/mol. The van der Waals surface area contributed by atoms with Gasteiger partial charge in [0.25, 0.3) is 20.0 Å². The summed E-state index contributed by atoms with van der Waals surface area (Å²) in [5.74, 6) is -1.88. The second-order valence-electron chi connectivity index (χ2n) is 6.74. The van der Waals surface area contributed by atoms with Crippen LogP contribution in [0, 0.1) is 0 Å². The highest BCUT2D eigenvalue weighted by Crippen LogP contribution is 2.28. The number of benzene rings is 1. The molecule has 3 aromatic rings. The summed E-state index contributed by atoms with van der Waals surface area (Å²) in [5.41, 5.74) is -0.530. The number of hydrogen-bond donors (Lipinski definition) is 2. The zero-order valence-electron chi connectivity index (χ0n) is 19.1. The SMILES string of the molecule is C=CCS(=O)(=O)n1nc(S(=O)(=O)NC(=O)Nc2nc(OC)cc(OC)n2)c2c(C(=O)OC)cccc21. The molecule has 3 rings (SSSR count). The monoisotopic (exact) mass is 540 g/mol. The van der Waals surface area contributed by atoms with Crippen molar-refractivity contribution in [3.63, 3.8) is 0 Å². The van der Waals surface area contributed by atoms with Crippen molar-refractivity contribution in [3.05, 3.63) is 42.5 Å². The van der Waals surface area contributed by atoms with Gasteiger partial charge in [-0.3, -0.25) is 5.32 Å². The van der Waals surface area contributed by atoms with Gasteiger partial charge >= 0.3 is 12.0 Å². The van der Waals surface area contributed by atoms with Crippen LogP contribution < -0.4 is 19.5 Å². The number of amides is 2. The summed E-state index contributed by atoms with van der Waals surface area (Å²) < 4.78 is 68.4. The van der Waals surface area contributed by atoms with Gasteiger partial charge in [0, 0.05) is 0 Å². The van der Waals surface area contributed by atoms with Crippen molar-refractivity contribution in [1.82, 2.24) is 23.9 Å². The van der Waals surface area contributed by atoms with E-state index in [1.54, 1.807) is 4.72 Å². The maximum atomic E-state index is 13.1. The number of esters is 1. The van der Waals surface area contributed by atoms with E-state index < -0.39 is 42.8 Å². The standard InChI is InChI=1S/C19H20N6O9S2/c1-5-9-35(28,29)25-12-8-6-7-11(17(26)34-4)15(12)16(23-25)36(30,31)24-19(27)22-18-20-13(32-2)10-14(21-18)33-3/h5-8,10H,1,9H2,2-4H3,(H2,20,21,22,24,27). The number of carbonyl (C=O) groups excluding carboxylic acids is 2. The average molecular weight is 541 g/mol. The topological polar surface area (TPSA) is 198 Å². The molecule has 0 bridgehead atoms. The number of ether oxygens (including phenoxy) is 3. The van der Waals surface area contributed by atoms with Crippen LogP contribution in [0.4, 0.5) is 10.7 Å². The van der Waals surface area contributed by atoms with Crippen LogP contribution in [0.15, 0.2) is 41.9 Å². The highest BCUT2D eigenvalue weighted by atomic mass is 32.2. The van der Waals surface area contributed by atoms with E-state index in [0.29, 0.717) is 4.09 Å². The van der Waals surface area contributed by atoms with Gasteiger partial charge in [-0.05, 0) is 12.1 Å². The second kappa shape index (κ2) is 10.2. The molecule has 1 aromatic carbocycles. The molecule has 0 unspecified atom stereocenters. The van der Waals surface area contributed by atoms with Crippen LogP contribution in [0.1, 0.15) is 10.4 Å². The van der Waals surface area contributed by atoms with Crippen LogP contribution in [0.3, 0.4) is 0 Å². The molecule has 192 valence electrons. The number of nitrogens with zero attached hydrogens (tertiary/aromatic N) is 4. The Morgan fingerprint density at radius 3 is 2.28 bits per heavy atom. The number of rotatable bonds is 9. The summed E-state index contributed by atoms with van der Waals surface area (Å²) in [5, 5.41) is 4.53. The van der Waals surface area contributed by atoms with Crippen molar-refractivity contribution < 1.29 is 40.6 Å². The number of nitrogens with one attached hydrogen (secondary N) is 2. The second-order valence-corrected chi connectivity index (χ2v) is 10.2. The van der Waals surface area contributed by atoms with Gasteiger partial charge in [0.2, 0.25) is 22.7 Å². The number of anilines is 1. The van der Waals surface area contributed by atoms with E-state index in [-0.39, 0.29) is 34.2 Å². The summed E-state index contributed by atoms with van der Waals surface area (Å²) in [4.78, 5) is 32.5. The molecule has 2 N–H and O–H groups in total. The third-order valence-electron chi connectivity index (χ3n) is 4.45. The first-order valence-electron chi connectivity index (χ1n) is 9.72. The number of urea groups is 1. The molecule has 36 heavy (non-hydrogen) atoms. The first kappa shape index (κ1) is 26.4. The minimum atomic E-state index is -4.87. The Labute approximate surface area is 205 Å². The molecule has 2 aromatic heterocycles. The van der Waals surface area contributed by atoms with Crippen molar-refractivity contribution in [2.24, 2.45) is 0 Å². The van der Waals surface area contributed by atoms with E-state index in [9.17, 15) is 26.4 Å². The lowest BCUT2D eigenvalue weighted by atomic mass is 10.1. The molecule has 0 saturated heterocycles. The molecule has 0 radical (unpaired) electrons. The quantitative estimate of drug-likeness (QED) is 0.282. The van der Waals surface area contributed by atoms with Crippen molar-refractivity contribution >= 4 is 48.9 Å². The molecule has 15 nitrogen and oxygen atoms in total. The minimum Gasteiger partial charge on any atom is -0.481 e. The molecule has 2 amide bonds. The Balaban J connectivity index is 2.10. The summed E-state index contributed by atoms with van der Waals surface area (Å²) in [6.45, 7) is 3.36. The molecule has 0 spiro atoms. The van der Waals surface area contributed by atoms with Gasteiger partial charge in [-0.1, -0.05) is 12.1 Å². The average Bonchev–Trinajstić information content (AvgIpc) is 3.24. The van der Waals surface area contributed by atoms with Crippen LogP contribution in [0.25, 0.3) is 10.9 Å². The predicted octanol–water partition coefficient (Wildman–Crippen LogP) is 0.504. The van der Waals surface area contributed by atoms with E-state index >= 15 is 0 Å². The van der Waals surface area contributed by atoms with Crippen LogP contribution in [0.2, 0.25) is 0 Å². The maximum absolute atomic E-state index is 13.1. The number of methoxy groups -OCH3 is 3. The van der Waals surface area contributed by atoms with Gasteiger partial charge < -0.3 is 14.2 Å². The molecular formula is C19H20N6O9S2. The molecule has 17 heteroatoms. The van der Waals surface area contributed by atoms with Crippen LogP contribution >= 0.6 is 0 Å². The van der Waals surface area contributed by atoms with Crippen molar-refractivity contribution in [2.75, 3.05) is 32.4 Å². The van der Waals surface area contributed by atoms with Gasteiger partial charge in [0.05, 0.1) is 49.6 Å².